The molecule has 1 fully saturated rings. The summed E-state index contributed by atoms with van der Waals surface area (Å²) in [5.74, 6) is -0.171. The molecule has 0 amide bonds. The minimum atomic E-state index is -3.30. The molecular weight excluding hydrogens is 266 g/mol. The van der Waals surface area contributed by atoms with E-state index in [0.29, 0.717) is 11.4 Å². The van der Waals surface area contributed by atoms with Crippen LogP contribution in [0.15, 0.2) is 29.2 Å². The Morgan fingerprint density at radius 1 is 1.38 bits per heavy atom. The molecule has 2 atom stereocenters. The minimum Gasteiger partial charge on any atom is -0.393 e. The number of hydrogen-bond acceptors (Lipinski definition) is 3. The monoisotopic (exact) mass is 275 g/mol. The van der Waals surface area contributed by atoms with Gasteiger partial charge in [0.15, 0.2) is 9.84 Å². The lowest BCUT2D eigenvalue weighted by Gasteiger charge is -2.03. The first-order valence-corrected chi connectivity index (χ1v) is 7.05. The Morgan fingerprint density at radius 3 is 2.38 bits per heavy atom. The van der Waals surface area contributed by atoms with Crippen LogP contribution in [-0.2, 0) is 9.84 Å². The molecule has 2 rings (SSSR count). The Kier molecular flexibility index (Phi) is 2.94. The van der Waals surface area contributed by atoms with E-state index in [1.165, 1.54) is 12.1 Å². The van der Waals surface area contributed by atoms with Crippen LogP contribution in [0.3, 0.4) is 0 Å². The second-order valence-electron chi connectivity index (χ2n) is 3.78. The zero-order valence-corrected chi connectivity index (χ0v) is 10.6. The van der Waals surface area contributed by atoms with E-state index in [-0.39, 0.29) is 15.8 Å². The van der Waals surface area contributed by atoms with Crippen molar-refractivity contribution in [2.75, 3.05) is 0 Å². The van der Waals surface area contributed by atoms with E-state index in [1.807, 2.05) is 0 Å². The first-order chi connectivity index (χ1) is 7.43. The summed E-state index contributed by atoms with van der Waals surface area (Å²) in [5.41, 5.74) is 5.43. The number of sulfone groups is 1. The van der Waals surface area contributed by atoms with Crippen molar-refractivity contribution < 1.29 is 8.42 Å². The highest BCUT2D eigenvalue weighted by molar-refractivity contribution is 7.92. The first kappa shape index (κ1) is 11.8. The fraction of sp³-hybridized carbons (Fsp3) is 0.300. The highest BCUT2D eigenvalue weighted by atomic mass is 35.5. The van der Waals surface area contributed by atoms with Crippen molar-refractivity contribution in [1.82, 2.24) is 0 Å². The lowest BCUT2D eigenvalue weighted by Crippen LogP contribution is -2.17. The van der Waals surface area contributed by atoms with Gasteiger partial charge in [-0.2, -0.15) is 0 Å². The van der Waals surface area contributed by atoms with Crippen molar-refractivity contribution in [3.63, 3.8) is 0 Å². The van der Waals surface area contributed by atoms with Crippen LogP contribution in [-0.4, -0.2) is 18.7 Å². The van der Waals surface area contributed by atoms with E-state index in [0.717, 1.165) is 0 Å². The summed E-state index contributed by atoms with van der Waals surface area (Å²) in [6.07, 6.45) is 0.528. The second-order valence-corrected chi connectivity index (χ2v) is 6.86. The average Bonchev–Trinajstić information content (AvgIpc) is 2.98. The molecule has 1 aromatic rings. The number of rotatable bonds is 3. The largest absolute Gasteiger partial charge is 0.393 e. The van der Waals surface area contributed by atoms with Crippen molar-refractivity contribution in [3.8, 4) is 0 Å². The van der Waals surface area contributed by atoms with Crippen LogP contribution in [0.25, 0.3) is 0 Å². The van der Waals surface area contributed by atoms with Gasteiger partial charge in [0.2, 0.25) is 0 Å². The molecule has 3 nitrogen and oxygen atoms in total. The molecule has 0 aliphatic heterocycles. The lowest BCUT2D eigenvalue weighted by atomic mass is 10.4. The van der Waals surface area contributed by atoms with E-state index in [4.69, 9.17) is 29.6 Å². The zero-order valence-electron chi connectivity index (χ0n) is 8.26. The average molecular weight is 276 g/mol. The Morgan fingerprint density at radius 2 is 1.94 bits per heavy atom. The topological polar surface area (TPSA) is 60.2 Å². The summed E-state index contributed by atoms with van der Waals surface area (Å²) < 4.78 is 24.1. The van der Waals surface area contributed by atoms with Crippen LogP contribution in [0.4, 0.5) is 0 Å². The summed E-state index contributed by atoms with van der Waals surface area (Å²) in [6, 6.07) is 6.14. The molecule has 0 unspecified atom stereocenters. The number of hydrogen-bond donors (Lipinski definition) is 1. The summed E-state index contributed by atoms with van der Waals surface area (Å²) in [6.45, 7) is 0. The molecule has 1 aliphatic carbocycles. The molecule has 1 saturated carbocycles. The van der Waals surface area contributed by atoms with Gasteiger partial charge in [0, 0.05) is 10.9 Å². The van der Waals surface area contributed by atoms with Gasteiger partial charge in [-0.25, -0.2) is 8.42 Å². The van der Waals surface area contributed by atoms with Crippen molar-refractivity contribution in [3.05, 3.63) is 29.3 Å². The number of halogens is 1. The van der Waals surface area contributed by atoms with E-state index in [2.05, 4.69) is 0 Å². The van der Waals surface area contributed by atoms with Gasteiger partial charge in [0.05, 0.1) is 15.1 Å². The molecule has 0 spiro atoms. The predicted octanol–water partition coefficient (Wildman–Crippen LogP) is 1.79. The number of benzene rings is 1. The third kappa shape index (κ3) is 2.07. The molecule has 6 heteroatoms. The van der Waals surface area contributed by atoms with Gasteiger partial charge >= 0.3 is 0 Å². The fourth-order valence-corrected chi connectivity index (χ4v) is 3.99. The van der Waals surface area contributed by atoms with Crippen LogP contribution in [0, 0.1) is 5.92 Å². The quantitative estimate of drug-likeness (QED) is 0.855. The smallest absolute Gasteiger partial charge is 0.181 e. The van der Waals surface area contributed by atoms with Crippen molar-refractivity contribution in [2.45, 2.75) is 16.6 Å². The van der Waals surface area contributed by atoms with Crippen LogP contribution in [0.1, 0.15) is 6.42 Å². The Balaban J connectivity index is 2.28. The summed E-state index contributed by atoms with van der Waals surface area (Å²) in [5, 5.41) is 0.0619. The highest BCUT2D eigenvalue weighted by Crippen LogP contribution is 2.40. The van der Waals surface area contributed by atoms with Gasteiger partial charge in [-0.15, -0.1) is 0 Å². The van der Waals surface area contributed by atoms with E-state index < -0.39 is 15.1 Å². The SMILES string of the molecule is NC(=S)[C@@H]1C[C@@H]1S(=O)(=O)c1ccc(Cl)cc1. The van der Waals surface area contributed by atoms with Gasteiger partial charge in [-0.3, -0.25) is 0 Å². The van der Waals surface area contributed by atoms with E-state index in [1.54, 1.807) is 12.1 Å². The molecule has 0 aromatic heterocycles. The maximum atomic E-state index is 12.1. The van der Waals surface area contributed by atoms with Crippen LogP contribution >= 0.6 is 23.8 Å². The third-order valence-electron chi connectivity index (χ3n) is 2.64. The van der Waals surface area contributed by atoms with Crippen molar-refractivity contribution in [2.24, 2.45) is 11.7 Å². The Hall–Kier alpha value is -0.650. The lowest BCUT2D eigenvalue weighted by molar-refractivity contribution is 0.594. The van der Waals surface area contributed by atoms with Crippen LogP contribution in [0.2, 0.25) is 5.02 Å². The van der Waals surface area contributed by atoms with E-state index >= 15 is 0 Å². The van der Waals surface area contributed by atoms with Crippen LogP contribution in [0.5, 0.6) is 0 Å². The maximum absolute atomic E-state index is 12.1. The second kappa shape index (κ2) is 3.98. The predicted molar refractivity (Wildman–Crippen MR) is 67.3 cm³/mol. The van der Waals surface area contributed by atoms with Crippen molar-refractivity contribution >= 4 is 38.6 Å². The fourth-order valence-electron chi connectivity index (χ4n) is 1.61. The third-order valence-corrected chi connectivity index (χ3v) is 5.44. The molecule has 86 valence electrons. The molecule has 2 N–H and O–H groups in total. The molecule has 1 aromatic carbocycles. The molecule has 0 heterocycles. The van der Waals surface area contributed by atoms with Crippen LogP contribution < -0.4 is 5.73 Å². The normalized spacial score (nSPS) is 24.1. The molecule has 0 radical (unpaired) electrons. The Bertz CT molecular complexity index is 524. The maximum Gasteiger partial charge on any atom is 0.181 e. The highest BCUT2D eigenvalue weighted by Gasteiger charge is 2.49. The summed E-state index contributed by atoms with van der Waals surface area (Å²) >= 11 is 10.5. The summed E-state index contributed by atoms with van der Waals surface area (Å²) in [7, 11) is -3.30. The molecule has 16 heavy (non-hydrogen) atoms. The van der Waals surface area contributed by atoms with Gasteiger partial charge in [0.25, 0.3) is 0 Å². The van der Waals surface area contributed by atoms with Gasteiger partial charge in [-0.05, 0) is 30.7 Å². The van der Waals surface area contributed by atoms with Gasteiger partial charge < -0.3 is 5.73 Å². The Labute approximate surface area is 105 Å². The van der Waals surface area contributed by atoms with Crippen molar-refractivity contribution in [1.29, 1.82) is 0 Å². The molecule has 0 saturated heterocycles. The number of nitrogens with two attached hydrogens (primary N) is 1. The first-order valence-electron chi connectivity index (χ1n) is 4.71. The molecular formula is C10H10ClNO2S2. The van der Waals surface area contributed by atoms with Gasteiger partial charge in [-0.1, -0.05) is 23.8 Å². The number of thiocarbonyl (C=S) groups is 1. The summed E-state index contributed by atoms with van der Waals surface area (Å²) in [4.78, 5) is 0.559. The molecule has 1 aliphatic rings. The zero-order chi connectivity index (χ0) is 11.9. The van der Waals surface area contributed by atoms with E-state index in [9.17, 15) is 8.42 Å². The standard InChI is InChI=1S/C10H10ClNO2S2/c11-6-1-3-7(4-2-6)16(13,14)9-5-8(9)10(12)15/h1-4,8-9H,5H2,(H2,12,15)/t8-,9+/m1/s1. The molecule has 0 bridgehead atoms. The minimum absolute atomic E-state index is 0.171. The van der Waals surface area contributed by atoms with Gasteiger partial charge in [0.1, 0.15) is 0 Å².